The van der Waals surface area contributed by atoms with Crippen LogP contribution in [0.25, 0.3) is 0 Å². The van der Waals surface area contributed by atoms with Gasteiger partial charge in [-0.05, 0) is 12.5 Å². The van der Waals surface area contributed by atoms with Crippen LogP contribution in [0.4, 0.5) is 5.13 Å². The number of nitrogens with zero attached hydrogens (tertiary/aromatic N) is 2. The van der Waals surface area contributed by atoms with Gasteiger partial charge in [-0.1, -0.05) is 29.8 Å². The molecule has 112 valence electrons. The zero-order chi connectivity index (χ0) is 15.2. The monoisotopic (exact) mass is 304 g/mol. The van der Waals surface area contributed by atoms with Crippen molar-refractivity contribution < 1.29 is 9.53 Å². The average molecular weight is 304 g/mol. The van der Waals surface area contributed by atoms with Gasteiger partial charge in [0.1, 0.15) is 0 Å². The standard InChI is InChI=1S/C16H20N2O2S/c1-12-5-4-6-13(9-12)10-18(2)16-17-14(11-21-16)7-8-15(19)20-3/h4-6,9,11H,7-8,10H2,1-3H3. The van der Waals surface area contributed by atoms with Gasteiger partial charge in [-0.2, -0.15) is 0 Å². The van der Waals surface area contributed by atoms with E-state index >= 15 is 0 Å². The third-order valence-electron chi connectivity index (χ3n) is 3.18. The molecule has 0 aliphatic carbocycles. The summed E-state index contributed by atoms with van der Waals surface area (Å²) < 4.78 is 4.64. The SMILES string of the molecule is COC(=O)CCc1csc(N(C)Cc2cccc(C)c2)n1. The van der Waals surface area contributed by atoms with Crippen molar-refractivity contribution in [2.75, 3.05) is 19.1 Å². The molecule has 0 aliphatic heterocycles. The maximum atomic E-state index is 11.1. The minimum atomic E-state index is -0.197. The number of hydrogen-bond donors (Lipinski definition) is 0. The molecule has 0 fully saturated rings. The molecule has 0 radical (unpaired) electrons. The lowest BCUT2D eigenvalue weighted by molar-refractivity contribution is -0.140. The maximum Gasteiger partial charge on any atom is 0.305 e. The van der Waals surface area contributed by atoms with E-state index in [1.54, 1.807) is 11.3 Å². The maximum absolute atomic E-state index is 11.1. The molecule has 21 heavy (non-hydrogen) atoms. The van der Waals surface area contributed by atoms with E-state index in [9.17, 15) is 4.79 Å². The second-order valence-corrected chi connectivity index (χ2v) is 5.88. The van der Waals surface area contributed by atoms with Crippen LogP contribution in [0.2, 0.25) is 0 Å². The summed E-state index contributed by atoms with van der Waals surface area (Å²) in [5, 5.41) is 2.97. The fraction of sp³-hybridized carbons (Fsp3) is 0.375. The highest BCUT2D eigenvalue weighted by Crippen LogP contribution is 2.22. The molecule has 0 saturated carbocycles. The molecule has 0 aliphatic rings. The molecule has 2 rings (SSSR count). The zero-order valence-electron chi connectivity index (χ0n) is 12.6. The molecular formula is C16H20N2O2S. The van der Waals surface area contributed by atoms with E-state index < -0.39 is 0 Å². The second-order valence-electron chi connectivity index (χ2n) is 5.04. The molecule has 4 nitrogen and oxygen atoms in total. The molecule has 1 aromatic carbocycles. The van der Waals surface area contributed by atoms with E-state index in [0.29, 0.717) is 12.8 Å². The van der Waals surface area contributed by atoms with Crippen molar-refractivity contribution in [2.45, 2.75) is 26.3 Å². The largest absolute Gasteiger partial charge is 0.469 e. The molecule has 2 aromatic rings. The number of benzene rings is 1. The molecule has 0 amide bonds. The Bertz CT molecular complexity index is 610. The summed E-state index contributed by atoms with van der Waals surface area (Å²) in [4.78, 5) is 17.8. The predicted octanol–water partition coefficient (Wildman–Crippen LogP) is 3.19. The quantitative estimate of drug-likeness (QED) is 0.769. The molecule has 0 bridgehead atoms. The van der Waals surface area contributed by atoms with Crippen molar-refractivity contribution in [1.29, 1.82) is 0 Å². The Labute approximate surface area is 129 Å². The van der Waals surface area contributed by atoms with Gasteiger partial charge < -0.3 is 9.64 Å². The number of aromatic nitrogens is 1. The molecule has 0 spiro atoms. The number of anilines is 1. The molecule has 1 heterocycles. The number of aryl methyl sites for hydroxylation is 2. The number of esters is 1. The molecule has 0 N–H and O–H groups in total. The number of ether oxygens (including phenoxy) is 1. The van der Waals surface area contributed by atoms with Crippen molar-refractivity contribution in [3.8, 4) is 0 Å². The highest BCUT2D eigenvalue weighted by Gasteiger charge is 2.09. The Morgan fingerprint density at radius 2 is 2.24 bits per heavy atom. The second kappa shape index (κ2) is 7.22. The first-order valence-electron chi connectivity index (χ1n) is 6.86. The number of hydrogen-bond acceptors (Lipinski definition) is 5. The Kier molecular flexibility index (Phi) is 5.33. The Morgan fingerprint density at radius 3 is 2.95 bits per heavy atom. The first-order chi connectivity index (χ1) is 10.1. The summed E-state index contributed by atoms with van der Waals surface area (Å²) in [6, 6.07) is 8.47. The fourth-order valence-corrected chi connectivity index (χ4v) is 2.90. The number of carbonyl (C=O) groups is 1. The average Bonchev–Trinajstić information content (AvgIpc) is 2.93. The number of methoxy groups -OCH3 is 1. The molecule has 5 heteroatoms. The van der Waals surface area contributed by atoms with E-state index in [1.807, 2.05) is 12.4 Å². The van der Waals surface area contributed by atoms with Crippen molar-refractivity contribution in [3.05, 3.63) is 46.5 Å². The molecule has 0 saturated heterocycles. The lowest BCUT2D eigenvalue weighted by atomic mass is 10.1. The summed E-state index contributed by atoms with van der Waals surface area (Å²) >= 11 is 1.60. The van der Waals surface area contributed by atoms with Crippen molar-refractivity contribution in [1.82, 2.24) is 4.98 Å². The van der Waals surface area contributed by atoms with Gasteiger partial charge in [0.25, 0.3) is 0 Å². The smallest absolute Gasteiger partial charge is 0.305 e. The van der Waals surface area contributed by atoms with Crippen LogP contribution in [0, 0.1) is 6.92 Å². The number of rotatable bonds is 6. The van der Waals surface area contributed by atoms with Crippen LogP contribution in [0.3, 0.4) is 0 Å². The topological polar surface area (TPSA) is 42.4 Å². The number of carbonyl (C=O) groups excluding carboxylic acids is 1. The molecule has 0 atom stereocenters. The zero-order valence-corrected chi connectivity index (χ0v) is 13.4. The van der Waals surface area contributed by atoms with Crippen molar-refractivity contribution >= 4 is 22.4 Å². The van der Waals surface area contributed by atoms with Crippen LogP contribution in [-0.2, 0) is 22.5 Å². The normalized spacial score (nSPS) is 10.4. The van der Waals surface area contributed by atoms with Gasteiger partial charge in [0.05, 0.1) is 19.2 Å². The van der Waals surface area contributed by atoms with E-state index in [4.69, 9.17) is 0 Å². The lowest BCUT2D eigenvalue weighted by Gasteiger charge is -2.16. The summed E-state index contributed by atoms with van der Waals surface area (Å²) in [5.41, 5.74) is 3.47. The van der Waals surface area contributed by atoms with E-state index in [1.165, 1.54) is 18.2 Å². The van der Waals surface area contributed by atoms with Gasteiger partial charge in [-0.25, -0.2) is 4.98 Å². The van der Waals surface area contributed by atoms with Gasteiger partial charge in [-0.15, -0.1) is 11.3 Å². The molecular weight excluding hydrogens is 284 g/mol. The van der Waals surface area contributed by atoms with Gasteiger partial charge >= 0.3 is 5.97 Å². The van der Waals surface area contributed by atoms with Crippen molar-refractivity contribution in [2.24, 2.45) is 0 Å². The van der Waals surface area contributed by atoms with Crippen LogP contribution in [0.5, 0.6) is 0 Å². The first-order valence-corrected chi connectivity index (χ1v) is 7.74. The Hall–Kier alpha value is -1.88. The summed E-state index contributed by atoms with van der Waals surface area (Å²) in [6.45, 7) is 2.92. The lowest BCUT2D eigenvalue weighted by Crippen LogP contribution is -2.16. The number of thiazole rings is 1. The third kappa shape index (κ3) is 4.56. The van der Waals surface area contributed by atoms with Crippen LogP contribution < -0.4 is 4.90 Å². The molecule has 0 unspecified atom stereocenters. The molecule has 1 aromatic heterocycles. The highest BCUT2D eigenvalue weighted by atomic mass is 32.1. The third-order valence-corrected chi connectivity index (χ3v) is 4.19. The van der Waals surface area contributed by atoms with E-state index in [2.05, 4.69) is 45.8 Å². The summed E-state index contributed by atoms with van der Waals surface area (Å²) in [5.74, 6) is -0.197. The van der Waals surface area contributed by atoms with Gasteiger partial charge in [0, 0.05) is 25.4 Å². The minimum Gasteiger partial charge on any atom is -0.469 e. The fourth-order valence-electron chi connectivity index (χ4n) is 2.07. The van der Waals surface area contributed by atoms with Crippen molar-refractivity contribution in [3.63, 3.8) is 0 Å². The van der Waals surface area contributed by atoms with Gasteiger partial charge in [0.2, 0.25) is 0 Å². The summed E-state index contributed by atoms with van der Waals surface area (Å²) in [6.07, 6.45) is 1.00. The highest BCUT2D eigenvalue weighted by molar-refractivity contribution is 7.13. The van der Waals surface area contributed by atoms with Crippen LogP contribution in [0.15, 0.2) is 29.6 Å². The van der Waals surface area contributed by atoms with Gasteiger partial charge in [-0.3, -0.25) is 4.79 Å². The van der Waals surface area contributed by atoms with Gasteiger partial charge in [0.15, 0.2) is 5.13 Å². The Morgan fingerprint density at radius 1 is 1.43 bits per heavy atom. The first kappa shape index (κ1) is 15.5. The summed E-state index contributed by atoms with van der Waals surface area (Å²) in [7, 11) is 3.44. The van der Waals surface area contributed by atoms with E-state index in [-0.39, 0.29) is 5.97 Å². The predicted molar refractivity (Wildman–Crippen MR) is 85.7 cm³/mol. The van der Waals surface area contributed by atoms with Crippen LogP contribution in [-0.4, -0.2) is 25.1 Å². The van der Waals surface area contributed by atoms with Crippen LogP contribution in [0.1, 0.15) is 23.2 Å². The van der Waals surface area contributed by atoms with E-state index in [0.717, 1.165) is 17.4 Å². The minimum absolute atomic E-state index is 0.197. The Balaban J connectivity index is 1.95. The van der Waals surface area contributed by atoms with Crippen LogP contribution >= 0.6 is 11.3 Å².